The molecule has 2 nitrogen and oxygen atoms in total. The highest BCUT2D eigenvalue weighted by Gasteiger charge is 2.32. The molecule has 20 heavy (non-hydrogen) atoms. The van der Waals surface area contributed by atoms with E-state index in [0.717, 1.165) is 25.1 Å². The third-order valence-corrected chi connectivity index (χ3v) is 3.98. The molecular weight excluding hydrogens is 289 g/mol. The number of nitrogens with one attached hydrogen (secondary N) is 1. The highest BCUT2D eigenvalue weighted by Crippen LogP contribution is 2.34. The molecule has 1 aliphatic carbocycles. The van der Waals surface area contributed by atoms with Gasteiger partial charge in [-0.3, -0.25) is 0 Å². The monoisotopic (exact) mass is 306 g/mol. The number of anilines is 1. The Kier molecular flexibility index (Phi) is 4.47. The predicted molar refractivity (Wildman–Crippen MR) is 73.8 cm³/mol. The average molecular weight is 307 g/mol. The van der Waals surface area contributed by atoms with E-state index >= 15 is 0 Å². The van der Waals surface area contributed by atoms with Gasteiger partial charge in [-0.25, -0.2) is 4.98 Å². The van der Waals surface area contributed by atoms with Crippen LogP contribution in [0.3, 0.4) is 0 Å². The molecule has 1 aromatic heterocycles. The maximum absolute atomic E-state index is 12.5. The van der Waals surface area contributed by atoms with Gasteiger partial charge in [-0.15, -0.1) is 0 Å². The minimum atomic E-state index is -4.41. The van der Waals surface area contributed by atoms with Gasteiger partial charge >= 0.3 is 6.18 Å². The Bertz CT molecular complexity index is 466. The third-order valence-electron chi connectivity index (χ3n) is 3.69. The van der Waals surface area contributed by atoms with Crippen molar-refractivity contribution < 1.29 is 13.2 Å². The Labute approximate surface area is 121 Å². The summed E-state index contributed by atoms with van der Waals surface area (Å²) in [5.74, 6) is 1.54. The van der Waals surface area contributed by atoms with Gasteiger partial charge in [0.15, 0.2) is 0 Å². The quantitative estimate of drug-likeness (QED) is 0.832. The van der Waals surface area contributed by atoms with Crippen molar-refractivity contribution in [2.75, 3.05) is 5.32 Å². The predicted octanol–water partition coefficient (Wildman–Crippen LogP) is 4.99. The highest BCUT2D eigenvalue weighted by atomic mass is 35.5. The molecule has 0 aliphatic heterocycles. The number of alkyl halides is 3. The van der Waals surface area contributed by atoms with E-state index < -0.39 is 11.7 Å². The summed E-state index contributed by atoms with van der Waals surface area (Å²) in [5, 5.41) is 3.20. The molecule has 1 N–H and O–H groups in total. The number of halogens is 4. The Morgan fingerprint density at radius 2 is 1.80 bits per heavy atom. The molecular formula is C14H18ClF3N2. The van der Waals surface area contributed by atoms with Gasteiger partial charge < -0.3 is 5.32 Å². The van der Waals surface area contributed by atoms with Crippen molar-refractivity contribution in [1.82, 2.24) is 4.98 Å². The first-order valence-electron chi connectivity index (χ1n) is 6.75. The molecule has 2 atom stereocenters. The molecule has 0 amide bonds. The number of rotatable bonds is 2. The molecule has 1 aliphatic rings. The van der Waals surface area contributed by atoms with Crippen LogP contribution in [0.15, 0.2) is 12.3 Å². The van der Waals surface area contributed by atoms with Crippen molar-refractivity contribution in [3.8, 4) is 0 Å². The Balaban J connectivity index is 2.10. The van der Waals surface area contributed by atoms with Gasteiger partial charge in [0.05, 0.1) is 10.6 Å². The number of hydrogen-bond donors (Lipinski definition) is 1. The largest absolute Gasteiger partial charge is 0.417 e. The van der Waals surface area contributed by atoms with E-state index in [2.05, 4.69) is 24.1 Å². The Hall–Kier alpha value is -0.970. The second-order valence-corrected chi connectivity index (χ2v) is 6.22. The van der Waals surface area contributed by atoms with Crippen LogP contribution >= 0.6 is 11.6 Å². The lowest BCUT2D eigenvalue weighted by Crippen LogP contribution is -2.30. The van der Waals surface area contributed by atoms with Gasteiger partial charge in [0.1, 0.15) is 5.82 Å². The molecule has 0 spiro atoms. The summed E-state index contributed by atoms with van der Waals surface area (Å²) in [7, 11) is 0. The third kappa shape index (κ3) is 3.78. The van der Waals surface area contributed by atoms with Crippen molar-refractivity contribution >= 4 is 17.4 Å². The first-order valence-corrected chi connectivity index (χ1v) is 7.12. The lowest BCUT2D eigenvalue weighted by molar-refractivity contribution is -0.137. The standard InChI is InChI=1S/C14H18ClF3N2/c1-8-3-9(2)5-11(4-8)20-13-12(15)6-10(7-19-13)14(16,17)18/h6-9,11H,3-5H2,1-2H3,(H,19,20). The minimum absolute atomic E-state index is 0.0192. The molecule has 2 rings (SSSR count). The fourth-order valence-corrected chi connectivity index (χ4v) is 3.18. The SMILES string of the molecule is CC1CC(C)CC(Nc2ncc(C(F)(F)F)cc2Cl)C1. The first-order chi connectivity index (χ1) is 9.25. The molecule has 0 aromatic carbocycles. The topological polar surface area (TPSA) is 24.9 Å². The van der Waals surface area contributed by atoms with Crippen LogP contribution in [0.5, 0.6) is 0 Å². The summed E-state index contributed by atoms with van der Waals surface area (Å²) < 4.78 is 37.6. The van der Waals surface area contributed by atoms with Crippen LogP contribution in [0.1, 0.15) is 38.7 Å². The van der Waals surface area contributed by atoms with Gasteiger partial charge in [-0.2, -0.15) is 13.2 Å². The highest BCUT2D eigenvalue weighted by molar-refractivity contribution is 6.33. The van der Waals surface area contributed by atoms with Gasteiger partial charge in [-0.05, 0) is 37.2 Å². The van der Waals surface area contributed by atoms with Crippen LogP contribution in [0.25, 0.3) is 0 Å². The molecule has 1 aromatic rings. The molecule has 112 valence electrons. The number of hydrogen-bond acceptors (Lipinski definition) is 2. The summed E-state index contributed by atoms with van der Waals surface area (Å²) in [6.07, 6.45) is -0.425. The lowest BCUT2D eigenvalue weighted by Gasteiger charge is -2.32. The van der Waals surface area contributed by atoms with E-state index in [1.807, 2.05) is 0 Å². The summed E-state index contributed by atoms with van der Waals surface area (Å²) in [4.78, 5) is 3.83. The summed E-state index contributed by atoms with van der Waals surface area (Å²) in [5.41, 5.74) is -0.821. The fraction of sp³-hybridized carbons (Fsp3) is 0.643. The van der Waals surface area contributed by atoms with Crippen LogP contribution in [-0.2, 0) is 6.18 Å². The molecule has 0 bridgehead atoms. The van der Waals surface area contributed by atoms with Gasteiger partial charge in [0, 0.05) is 12.2 Å². The molecule has 1 fully saturated rings. The first kappa shape index (κ1) is 15.4. The van der Waals surface area contributed by atoms with Crippen molar-refractivity contribution in [1.29, 1.82) is 0 Å². The summed E-state index contributed by atoms with van der Waals surface area (Å²) in [6.45, 7) is 4.37. The van der Waals surface area contributed by atoms with E-state index in [4.69, 9.17) is 11.6 Å². The molecule has 1 saturated carbocycles. The van der Waals surface area contributed by atoms with E-state index in [-0.39, 0.29) is 11.1 Å². The van der Waals surface area contributed by atoms with Crippen molar-refractivity contribution in [2.45, 2.75) is 45.3 Å². The summed E-state index contributed by atoms with van der Waals surface area (Å²) >= 11 is 5.90. The molecule has 1 heterocycles. The maximum Gasteiger partial charge on any atom is 0.417 e. The van der Waals surface area contributed by atoms with Gasteiger partial charge in [0.2, 0.25) is 0 Å². The summed E-state index contributed by atoms with van der Waals surface area (Å²) in [6, 6.07) is 1.14. The van der Waals surface area contributed by atoms with Crippen LogP contribution in [0.2, 0.25) is 5.02 Å². The van der Waals surface area contributed by atoms with Crippen LogP contribution < -0.4 is 5.32 Å². The number of pyridine rings is 1. The second-order valence-electron chi connectivity index (χ2n) is 5.81. The van der Waals surface area contributed by atoms with Crippen molar-refractivity contribution in [2.24, 2.45) is 11.8 Å². The Morgan fingerprint density at radius 1 is 1.20 bits per heavy atom. The smallest absolute Gasteiger partial charge is 0.366 e. The zero-order chi connectivity index (χ0) is 14.9. The second kappa shape index (κ2) is 5.80. The van der Waals surface area contributed by atoms with Gasteiger partial charge in [0.25, 0.3) is 0 Å². The zero-order valence-corrected chi connectivity index (χ0v) is 12.2. The van der Waals surface area contributed by atoms with Crippen LogP contribution in [0, 0.1) is 11.8 Å². The lowest BCUT2D eigenvalue weighted by atomic mass is 9.80. The minimum Gasteiger partial charge on any atom is -0.366 e. The Morgan fingerprint density at radius 3 is 2.30 bits per heavy atom. The maximum atomic E-state index is 12.5. The molecule has 0 saturated heterocycles. The van der Waals surface area contributed by atoms with Crippen LogP contribution in [-0.4, -0.2) is 11.0 Å². The number of aromatic nitrogens is 1. The van der Waals surface area contributed by atoms with Crippen molar-refractivity contribution in [3.63, 3.8) is 0 Å². The van der Waals surface area contributed by atoms with E-state index in [0.29, 0.717) is 17.7 Å². The van der Waals surface area contributed by atoms with E-state index in [1.54, 1.807) is 0 Å². The van der Waals surface area contributed by atoms with E-state index in [9.17, 15) is 13.2 Å². The number of nitrogens with zero attached hydrogens (tertiary/aromatic N) is 1. The van der Waals surface area contributed by atoms with Crippen LogP contribution in [0.4, 0.5) is 19.0 Å². The average Bonchev–Trinajstić information content (AvgIpc) is 2.29. The normalized spacial score (nSPS) is 27.4. The molecule has 2 unspecified atom stereocenters. The molecule has 0 radical (unpaired) electrons. The van der Waals surface area contributed by atoms with Crippen molar-refractivity contribution in [3.05, 3.63) is 22.8 Å². The zero-order valence-electron chi connectivity index (χ0n) is 11.5. The van der Waals surface area contributed by atoms with E-state index in [1.165, 1.54) is 6.42 Å². The molecule has 6 heteroatoms. The fourth-order valence-electron chi connectivity index (χ4n) is 2.96. The van der Waals surface area contributed by atoms with Gasteiger partial charge in [-0.1, -0.05) is 25.4 Å².